The van der Waals surface area contributed by atoms with Crippen molar-refractivity contribution in [1.29, 1.82) is 0 Å². The molecule has 0 saturated heterocycles. The number of hydrogen-bond donors (Lipinski definition) is 0. The molecule has 0 unspecified atom stereocenters. The molecule has 0 rings (SSSR count). The normalized spacial score (nSPS) is 0. The first-order valence-electron chi connectivity index (χ1n) is 0. The Morgan fingerprint density at radius 1 is 1.00 bits per heavy atom. The van der Waals surface area contributed by atoms with Crippen molar-refractivity contribution in [3.63, 3.8) is 0 Å². The van der Waals surface area contributed by atoms with Gasteiger partial charge in [0, 0.05) is 74.1 Å². The first-order valence-corrected chi connectivity index (χ1v) is 0. The van der Waals surface area contributed by atoms with Crippen molar-refractivity contribution in [1.82, 2.24) is 0 Å². The average Bonchev–Trinajstić information content (AvgIpc) is 0. The molecular formula is CrFeMoV. The van der Waals surface area contributed by atoms with Crippen molar-refractivity contribution in [2.24, 2.45) is 0 Å². The van der Waals surface area contributed by atoms with Crippen LogP contribution >= 0.6 is 0 Å². The summed E-state index contributed by atoms with van der Waals surface area (Å²) in [7, 11) is 0. The van der Waals surface area contributed by atoms with Gasteiger partial charge in [-0.2, -0.15) is 0 Å². The molecule has 0 aromatic heterocycles. The van der Waals surface area contributed by atoms with Crippen LogP contribution in [0.25, 0.3) is 0 Å². The smallest absolute Gasteiger partial charge is 0 e. The van der Waals surface area contributed by atoms with E-state index < -0.39 is 0 Å². The van der Waals surface area contributed by atoms with Gasteiger partial charge in [0.15, 0.2) is 0 Å². The molecule has 4 heavy (non-hydrogen) atoms. The molecule has 0 atom stereocenters. The largest absolute Gasteiger partial charge is 0 e. The molecule has 0 N–H and O–H groups in total. The van der Waals surface area contributed by atoms with Crippen molar-refractivity contribution in [3.8, 4) is 0 Å². The molecule has 0 heterocycles. The van der Waals surface area contributed by atoms with Crippen molar-refractivity contribution >= 4 is 0 Å². The maximum Gasteiger partial charge on any atom is 0 e. The Labute approximate surface area is 73.2 Å². The van der Waals surface area contributed by atoms with Crippen LogP contribution < -0.4 is 0 Å². The molecule has 0 aliphatic rings. The fourth-order valence-corrected chi connectivity index (χ4v) is 0. The Kier molecular flexibility index (Phi) is 153. The fraction of sp³-hybridized carbons (Fsp3) is 0. The van der Waals surface area contributed by atoms with Gasteiger partial charge in [-0.3, -0.25) is 0 Å². The second-order valence-electron chi connectivity index (χ2n) is 0. The first kappa shape index (κ1) is 33.2. The summed E-state index contributed by atoms with van der Waals surface area (Å²) in [5, 5.41) is 0. The van der Waals surface area contributed by atoms with Gasteiger partial charge >= 0.3 is 0 Å². The zero-order chi connectivity index (χ0) is 0. The summed E-state index contributed by atoms with van der Waals surface area (Å²) in [5.74, 6) is 0. The summed E-state index contributed by atoms with van der Waals surface area (Å²) >= 11 is 0. The summed E-state index contributed by atoms with van der Waals surface area (Å²) in [6.07, 6.45) is 0. The zero-order valence-corrected chi connectivity index (χ0v) is 7.40. The van der Waals surface area contributed by atoms with Gasteiger partial charge in [-0.25, -0.2) is 0 Å². The van der Waals surface area contributed by atoms with Crippen LogP contribution in [0.15, 0.2) is 0 Å². The molecule has 0 aromatic carbocycles. The summed E-state index contributed by atoms with van der Waals surface area (Å²) in [5.41, 5.74) is 0. The molecule has 0 amide bonds. The Morgan fingerprint density at radius 3 is 1.00 bits per heavy atom. The van der Waals surface area contributed by atoms with Gasteiger partial charge < -0.3 is 0 Å². The van der Waals surface area contributed by atoms with Gasteiger partial charge in [-0.15, -0.1) is 0 Å². The van der Waals surface area contributed by atoms with Crippen LogP contribution in [-0.4, -0.2) is 0 Å². The third-order valence-corrected chi connectivity index (χ3v) is 0. The van der Waals surface area contributed by atoms with Gasteiger partial charge in [-0.1, -0.05) is 0 Å². The predicted octanol–water partition coefficient (Wildman–Crippen LogP) is -0.0100. The topological polar surface area (TPSA) is 0 Å². The standard InChI is InChI=1S/Cr.Fe.Mo.V. The Balaban J connectivity index is 0. The van der Waals surface area contributed by atoms with Gasteiger partial charge in [0.05, 0.1) is 0 Å². The third kappa shape index (κ3) is 8.85. The Morgan fingerprint density at radius 2 is 1.00 bits per heavy atom. The van der Waals surface area contributed by atoms with E-state index in [1.165, 1.54) is 0 Å². The second kappa shape index (κ2) is 18.4. The van der Waals surface area contributed by atoms with Crippen LogP contribution in [-0.2, 0) is 74.1 Å². The molecule has 0 bridgehead atoms. The molecule has 0 saturated carbocycles. The van der Waals surface area contributed by atoms with Crippen molar-refractivity contribution in [2.75, 3.05) is 0 Å². The quantitative estimate of drug-likeness (QED) is 0.534. The molecule has 0 spiro atoms. The maximum atomic E-state index is 0. The van der Waals surface area contributed by atoms with Crippen molar-refractivity contribution < 1.29 is 74.1 Å². The third-order valence-electron chi connectivity index (χ3n) is 0. The van der Waals surface area contributed by atoms with Crippen LogP contribution in [0.4, 0.5) is 0 Å². The van der Waals surface area contributed by atoms with E-state index in [0.29, 0.717) is 0 Å². The van der Waals surface area contributed by atoms with Gasteiger partial charge in [0.1, 0.15) is 0 Å². The molecule has 0 aromatic rings. The molecule has 0 aliphatic heterocycles. The second-order valence-corrected chi connectivity index (χ2v) is 0. The summed E-state index contributed by atoms with van der Waals surface area (Å²) in [6.45, 7) is 0. The van der Waals surface area contributed by atoms with E-state index in [1.54, 1.807) is 0 Å². The van der Waals surface area contributed by atoms with Crippen LogP contribution in [0.3, 0.4) is 0 Å². The fourth-order valence-electron chi connectivity index (χ4n) is 0. The minimum absolute atomic E-state index is 0. The van der Waals surface area contributed by atoms with Crippen molar-refractivity contribution in [3.05, 3.63) is 0 Å². The molecule has 4 heteroatoms. The van der Waals surface area contributed by atoms with Crippen LogP contribution in [0, 0.1) is 0 Å². The van der Waals surface area contributed by atoms with E-state index in [2.05, 4.69) is 0 Å². The first-order chi connectivity index (χ1) is 0. The zero-order valence-electron chi connectivity index (χ0n) is 1.62. The predicted molar refractivity (Wildman–Crippen MR) is 0 cm³/mol. The number of hydrogen-bond acceptors (Lipinski definition) is 0. The minimum atomic E-state index is 0. The van der Waals surface area contributed by atoms with E-state index in [0.717, 1.165) is 0 Å². The van der Waals surface area contributed by atoms with E-state index >= 15 is 0 Å². The number of rotatable bonds is 0. The van der Waals surface area contributed by atoms with E-state index in [-0.39, 0.29) is 74.1 Å². The molecule has 0 nitrogen and oxygen atoms in total. The molecule has 1 radical (unpaired) electrons. The van der Waals surface area contributed by atoms with E-state index in [1.807, 2.05) is 0 Å². The van der Waals surface area contributed by atoms with Crippen LogP contribution in [0.5, 0.6) is 0 Å². The van der Waals surface area contributed by atoms with Gasteiger partial charge in [0.2, 0.25) is 0 Å². The molecule has 0 aliphatic carbocycles. The maximum absolute atomic E-state index is 0. The van der Waals surface area contributed by atoms with E-state index in [4.69, 9.17) is 0 Å². The molecule has 0 fully saturated rings. The van der Waals surface area contributed by atoms with Crippen molar-refractivity contribution in [2.45, 2.75) is 0 Å². The molecule has 25 valence electrons. The Bertz CT molecular complexity index is 8.00. The average molecular weight is 255 g/mol. The Hall–Kier alpha value is 2.32. The summed E-state index contributed by atoms with van der Waals surface area (Å²) < 4.78 is 0. The van der Waals surface area contributed by atoms with E-state index in [9.17, 15) is 0 Å². The SMILES string of the molecule is [Cr].[Fe].[Mo].[V]. The van der Waals surface area contributed by atoms with Gasteiger partial charge in [0.25, 0.3) is 0 Å². The minimum Gasteiger partial charge on any atom is 0 e. The van der Waals surface area contributed by atoms with Crippen LogP contribution in [0.2, 0.25) is 0 Å². The summed E-state index contributed by atoms with van der Waals surface area (Å²) in [4.78, 5) is 0. The van der Waals surface area contributed by atoms with Crippen LogP contribution in [0.1, 0.15) is 0 Å². The summed E-state index contributed by atoms with van der Waals surface area (Å²) in [6, 6.07) is 0. The molecular weight excluding hydrogens is 255 g/mol. The monoisotopic (exact) mass is 257 g/mol. The van der Waals surface area contributed by atoms with Gasteiger partial charge in [-0.05, 0) is 0 Å².